The summed E-state index contributed by atoms with van der Waals surface area (Å²) < 4.78 is 8.15. The molecule has 4 rings (SSSR count). The van der Waals surface area contributed by atoms with E-state index in [0.29, 0.717) is 32.8 Å². The predicted octanol–water partition coefficient (Wildman–Crippen LogP) is 3.12. The van der Waals surface area contributed by atoms with Crippen LogP contribution in [0, 0.1) is 0 Å². The molecule has 2 aromatic carbocycles. The van der Waals surface area contributed by atoms with Crippen molar-refractivity contribution in [3.8, 4) is 5.75 Å². The molecule has 0 saturated carbocycles. The third-order valence-electron chi connectivity index (χ3n) is 5.23. The van der Waals surface area contributed by atoms with Crippen molar-refractivity contribution in [1.29, 1.82) is 0 Å². The van der Waals surface area contributed by atoms with E-state index in [4.69, 9.17) is 4.74 Å². The standard InChI is InChI=1S/C24H21N3O5S/c1-15(28)16-7-9-18(10-8-16)25-21(29)14-26-19-11-12-33-22(19)23(30)27(24(26)31)13-17-5-3-4-6-20(17)32-2/h3-12H,13-14H2,1-2H3,(H,25,29). The fraction of sp³-hybridized carbons (Fsp3) is 0.167. The monoisotopic (exact) mass is 463 g/mol. The molecule has 0 radical (unpaired) electrons. The van der Waals surface area contributed by atoms with Crippen molar-refractivity contribution >= 4 is 38.9 Å². The smallest absolute Gasteiger partial charge is 0.332 e. The van der Waals surface area contributed by atoms with Gasteiger partial charge in [0.15, 0.2) is 5.78 Å². The number of thiophene rings is 1. The molecule has 0 unspecified atom stereocenters. The van der Waals surface area contributed by atoms with E-state index in [0.717, 1.165) is 4.57 Å². The zero-order chi connectivity index (χ0) is 23.5. The number of nitrogens with zero attached hydrogens (tertiary/aromatic N) is 2. The number of amides is 1. The van der Waals surface area contributed by atoms with Gasteiger partial charge < -0.3 is 10.1 Å². The van der Waals surface area contributed by atoms with Gasteiger partial charge in [0.2, 0.25) is 5.91 Å². The van der Waals surface area contributed by atoms with Gasteiger partial charge >= 0.3 is 5.69 Å². The van der Waals surface area contributed by atoms with E-state index in [2.05, 4.69) is 5.32 Å². The Morgan fingerprint density at radius 3 is 2.42 bits per heavy atom. The van der Waals surface area contributed by atoms with Crippen molar-refractivity contribution in [1.82, 2.24) is 9.13 Å². The second-order valence-corrected chi connectivity index (χ2v) is 8.30. The highest BCUT2D eigenvalue weighted by molar-refractivity contribution is 7.17. The number of fused-ring (bicyclic) bond motifs is 1. The lowest BCUT2D eigenvalue weighted by atomic mass is 10.1. The van der Waals surface area contributed by atoms with Gasteiger partial charge in [-0.3, -0.25) is 23.5 Å². The summed E-state index contributed by atoms with van der Waals surface area (Å²) in [4.78, 5) is 50.5. The maximum atomic E-state index is 13.3. The first-order valence-corrected chi connectivity index (χ1v) is 11.0. The molecule has 4 aromatic rings. The molecule has 0 atom stereocenters. The summed E-state index contributed by atoms with van der Waals surface area (Å²) in [6, 6.07) is 15.3. The lowest BCUT2D eigenvalue weighted by molar-refractivity contribution is -0.116. The number of nitrogens with one attached hydrogen (secondary N) is 1. The van der Waals surface area contributed by atoms with Crippen LogP contribution in [0.4, 0.5) is 5.69 Å². The molecule has 2 aromatic heterocycles. The molecule has 168 valence electrons. The topological polar surface area (TPSA) is 99.4 Å². The zero-order valence-electron chi connectivity index (χ0n) is 18.0. The number of Topliss-reactive ketones (excluding diaryl/α,β-unsaturated/α-hetero) is 1. The van der Waals surface area contributed by atoms with Crippen molar-refractivity contribution in [3.63, 3.8) is 0 Å². The van der Waals surface area contributed by atoms with Crippen molar-refractivity contribution in [2.24, 2.45) is 0 Å². The fourth-order valence-electron chi connectivity index (χ4n) is 3.56. The van der Waals surface area contributed by atoms with Gasteiger partial charge in [-0.25, -0.2) is 4.79 Å². The summed E-state index contributed by atoms with van der Waals surface area (Å²) in [6.07, 6.45) is 0. The van der Waals surface area contributed by atoms with Crippen LogP contribution < -0.4 is 21.3 Å². The molecular formula is C24H21N3O5S. The Hall–Kier alpha value is -3.98. The Morgan fingerprint density at radius 1 is 1.00 bits per heavy atom. The molecule has 33 heavy (non-hydrogen) atoms. The van der Waals surface area contributed by atoms with Crippen LogP contribution in [0.2, 0.25) is 0 Å². The quantitative estimate of drug-likeness (QED) is 0.425. The number of methoxy groups -OCH3 is 1. The summed E-state index contributed by atoms with van der Waals surface area (Å²) in [5.41, 5.74) is 1.13. The summed E-state index contributed by atoms with van der Waals surface area (Å²) >= 11 is 1.22. The van der Waals surface area contributed by atoms with E-state index in [-0.39, 0.29) is 18.9 Å². The minimum Gasteiger partial charge on any atom is -0.496 e. The number of ketones is 1. The van der Waals surface area contributed by atoms with Crippen LogP contribution in [0.5, 0.6) is 5.75 Å². The number of benzene rings is 2. The van der Waals surface area contributed by atoms with Crippen molar-refractivity contribution < 1.29 is 14.3 Å². The van der Waals surface area contributed by atoms with Gasteiger partial charge in [0.05, 0.1) is 19.2 Å². The largest absolute Gasteiger partial charge is 0.496 e. The van der Waals surface area contributed by atoms with Gasteiger partial charge in [-0.2, -0.15) is 0 Å². The molecule has 0 fully saturated rings. The Bertz CT molecular complexity index is 1460. The third kappa shape index (κ3) is 4.49. The molecule has 8 nitrogen and oxygen atoms in total. The Kier molecular flexibility index (Phi) is 6.23. The normalized spacial score (nSPS) is 10.8. The van der Waals surface area contributed by atoms with Gasteiger partial charge in [-0.1, -0.05) is 18.2 Å². The molecule has 0 spiro atoms. The summed E-state index contributed by atoms with van der Waals surface area (Å²) in [5.74, 6) is 0.0626. The highest BCUT2D eigenvalue weighted by Crippen LogP contribution is 2.19. The van der Waals surface area contributed by atoms with Gasteiger partial charge in [0.1, 0.15) is 17.0 Å². The minimum atomic E-state index is -0.584. The van der Waals surface area contributed by atoms with Crippen molar-refractivity contribution in [3.05, 3.63) is 91.9 Å². The lowest BCUT2D eigenvalue weighted by Crippen LogP contribution is -2.41. The summed E-state index contributed by atoms with van der Waals surface area (Å²) in [5, 5.41) is 4.44. The van der Waals surface area contributed by atoms with Crippen LogP contribution in [-0.4, -0.2) is 27.9 Å². The number of hydrogen-bond acceptors (Lipinski definition) is 6. The number of carbonyl (C=O) groups excluding carboxylic acids is 2. The Balaban J connectivity index is 1.68. The van der Waals surface area contributed by atoms with Crippen LogP contribution in [-0.2, 0) is 17.9 Å². The van der Waals surface area contributed by atoms with Crippen LogP contribution in [0.25, 0.3) is 10.2 Å². The van der Waals surface area contributed by atoms with Gasteiger partial charge in [0.25, 0.3) is 5.56 Å². The van der Waals surface area contributed by atoms with E-state index >= 15 is 0 Å². The van der Waals surface area contributed by atoms with Gasteiger partial charge in [0, 0.05) is 16.8 Å². The van der Waals surface area contributed by atoms with Gasteiger partial charge in [-0.05, 0) is 48.7 Å². The number of para-hydroxylation sites is 1. The zero-order valence-corrected chi connectivity index (χ0v) is 18.8. The molecule has 0 bridgehead atoms. The number of ether oxygens (including phenoxy) is 1. The maximum Gasteiger partial charge on any atom is 0.332 e. The van der Waals surface area contributed by atoms with E-state index in [1.54, 1.807) is 60.0 Å². The minimum absolute atomic E-state index is 0.0175. The maximum absolute atomic E-state index is 13.3. The van der Waals surface area contributed by atoms with Crippen LogP contribution in [0.3, 0.4) is 0 Å². The van der Waals surface area contributed by atoms with E-state index in [9.17, 15) is 19.2 Å². The second kappa shape index (κ2) is 9.25. The molecule has 0 saturated heterocycles. The van der Waals surface area contributed by atoms with Crippen molar-refractivity contribution in [2.45, 2.75) is 20.0 Å². The first-order valence-electron chi connectivity index (χ1n) is 10.1. The highest BCUT2D eigenvalue weighted by atomic mass is 32.1. The molecule has 1 amide bonds. The first-order chi connectivity index (χ1) is 15.9. The predicted molar refractivity (Wildman–Crippen MR) is 128 cm³/mol. The number of aromatic nitrogens is 2. The molecule has 0 aliphatic rings. The summed E-state index contributed by atoms with van der Waals surface area (Å²) in [7, 11) is 1.52. The van der Waals surface area contributed by atoms with E-state index in [1.165, 1.54) is 29.9 Å². The average Bonchev–Trinajstić information content (AvgIpc) is 3.30. The molecule has 9 heteroatoms. The van der Waals surface area contributed by atoms with Crippen LogP contribution >= 0.6 is 11.3 Å². The molecular weight excluding hydrogens is 442 g/mol. The van der Waals surface area contributed by atoms with Crippen LogP contribution in [0.15, 0.2) is 69.6 Å². The van der Waals surface area contributed by atoms with E-state index < -0.39 is 17.2 Å². The Labute approximate surface area is 192 Å². The SMILES string of the molecule is COc1ccccc1Cn1c(=O)c2sccc2n(CC(=O)Nc2ccc(C(C)=O)cc2)c1=O. The molecule has 1 N–H and O–H groups in total. The second-order valence-electron chi connectivity index (χ2n) is 7.39. The first kappa shape index (κ1) is 22.2. The van der Waals surface area contributed by atoms with Crippen molar-refractivity contribution in [2.75, 3.05) is 12.4 Å². The lowest BCUT2D eigenvalue weighted by Gasteiger charge is -2.14. The number of rotatable bonds is 7. The summed E-state index contributed by atoms with van der Waals surface area (Å²) in [6.45, 7) is 1.21. The number of anilines is 1. The van der Waals surface area contributed by atoms with Crippen LogP contribution in [0.1, 0.15) is 22.8 Å². The fourth-order valence-corrected chi connectivity index (χ4v) is 4.40. The average molecular weight is 464 g/mol. The number of carbonyl (C=O) groups is 2. The molecule has 0 aliphatic heterocycles. The Morgan fingerprint density at radius 2 is 1.73 bits per heavy atom. The number of hydrogen-bond donors (Lipinski definition) is 1. The highest BCUT2D eigenvalue weighted by Gasteiger charge is 2.18. The van der Waals surface area contributed by atoms with E-state index in [1.807, 2.05) is 0 Å². The molecule has 0 aliphatic carbocycles. The van der Waals surface area contributed by atoms with Gasteiger partial charge in [-0.15, -0.1) is 11.3 Å². The molecule has 2 heterocycles. The third-order valence-corrected chi connectivity index (χ3v) is 6.13.